The predicted octanol–water partition coefficient (Wildman–Crippen LogP) is 3.08. The van der Waals surface area contributed by atoms with Crippen molar-refractivity contribution in [3.05, 3.63) is 53.1 Å². The van der Waals surface area contributed by atoms with Gasteiger partial charge in [-0.2, -0.15) is 0 Å². The Hall–Kier alpha value is -2.20. The molecule has 1 N–H and O–H groups in total. The van der Waals surface area contributed by atoms with E-state index in [2.05, 4.69) is 0 Å². The van der Waals surface area contributed by atoms with Gasteiger partial charge < -0.3 is 19.3 Å². The molecule has 2 rings (SSSR count). The van der Waals surface area contributed by atoms with Gasteiger partial charge in [0.25, 0.3) is 0 Å². The molecular weight excluding hydrogens is 268 g/mol. The van der Waals surface area contributed by atoms with Crippen LogP contribution in [0.15, 0.2) is 36.4 Å². The molecule has 2 aromatic carbocycles. The van der Waals surface area contributed by atoms with Crippen LogP contribution in [0.2, 0.25) is 0 Å². The molecule has 0 aliphatic rings. The second-order valence-electron chi connectivity index (χ2n) is 4.75. The second-order valence-corrected chi connectivity index (χ2v) is 4.75. The number of hydrogen-bond donors (Lipinski definition) is 1. The SMILES string of the molecule is COc1ccc(C)cc1COc1cc(CO)ccc1OC. The molecule has 0 amide bonds. The van der Waals surface area contributed by atoms with Gasteiger partial charge in [0.05, 0.1) is 20.8 Å². The summed E-state index contributed by atoms with van der Waals surface area (Å²) in [6.07, 6.45) is 0. The van der Waals surface area contributed by atoms with Crippen LogP contribution in [0.4, 0.5) is 0 Å². The maximum atomic E-state index is 9.21. The van der Waals surface area contributed by atoms with E-state index in [0.29, 0.717) is 18.1 Å². The van der Waals surface area contributed by atoms with E-state index >= 15 is 0 Å². The van der Waals surface area contributed by atoms with Crippen molar-refractivity contribution in [2.24, 2.45) is 0 Å². The fourth-order valence-electron chi connectivity index (χ4n) is 2.11. The van der Waals surface area contributed by atoms with Gasteiger partial charge in [-0.15, -0.1) is 0 Å². The van der Waals surface area contributed by atoms with Crippen molar-refractivity contribution in [2.45, 2.75) is 20.1 Å². The Morgan fingerprint density at radius 1 is 0.905 bits per heavy atom. The maximum Gasteiger partial charge on any atom is 0.162 e. The van der Waals surface area contributed by atoms with Gasteiger partial charge in [0.1, 0.15) is 12.4 Å². The van der Waals surface area contributed by atoms with Gasteiger partial charge in [0.2, 0.25) is 0 Å². The Morgan fingerprint density at radius 3 is 2.29 bits per heavy atom. The van der Waals surface area contributed by atoms with Gasteiger partial charge in [-0.1, -0.05) is 17.7 Å². The molecule has 4 heteroatoms. The summed E-state index contributed by atoms with van der Waals surface area (Å²) in [7, 11) is 3.23. The third-order valence-electron chi connectivity index (χ3n) is 3.23. The van der Waals surface area contributed by atoms with E-state index in [4.69, 9.17) is 14.2 Å². The van der Waals surface area contributed by atoms with Crippen LogP contribution in [-0.2, 0) is 13.2 Å². The number of ether oxygens (including phenoxy) is 3. The van der Waals surface area contributed by atoms with Crippen molar-refractivity contribution in [3.8, 4) is 17.2 Å². The molecule has 2 aromatic rings. The van der Waals surface area contributed by atoms with E-state index in [9.17, 15) is 5.11 Å². The molecule has 0 unspecified atom stereocenters. The van der Waals surface area contributed by atoms with E-state index in [-0.39, 0.29) is 6.61 Å². The molecule has 0 heterocycles. The van der Waals surface area contributed by atoms with Gasteiger partial charge in [-0.25, -0.2) is 0 Å². The molecule has 0 aliphatic carbocycles. The lowest BCUT2D eigenvalue weighted by atomic mass is 10.1. The normalized spacial score (nSPS) is 10.3. The van der Waals surface area contributed by atoms with Gasteiger partial charge in [-0.3, -0.25) is 0 Å². The van der Waals surface area contributed by atoms with Crippen molar-refractivity contribution in [1.82, 2.24) is 0 Å². The predicted molar refractivity (Wildman–Crippen MR) is 81.0 cm³/mol. The topological polar surface area (TPSA) is 47.9 Å². The molecule has 0 fully saturated rings. The van der Waals surface area contributed by atoms with Crippen LogP contribution in [0.1, 0.15) is 16.7 Å². The highest BCUT2D eigenvalue weighted by molar-refractivity contribution is 5.43. The van der Waals surface area contributed by atoms with Crippen molar-refractivity contribution in [1.29, 1.82) is 0 Å². The van der Waals surface area contributed by atoms with Crippen LogP contribution in [0, 0.1) is 6.92 Å². The summed E-state index contributed by atoms with van der Waals surface area (Å²) in [5.41, 5.74) is 2.89. The summed E-state index contributed by atoms with van der Waals surface area (Å²) in [5, 5.41) is 9.21. The Kier molecular flexibility index (Phi) is 5.06. The van der Waals surface area contributed by atoms with Crippen LogP contribution >= 0.6 is 0 Å². The third-order valence-corrected chi connectivity index (χ3v) is 3.23. The van der Waals surface area contributed by atoms with E-state index in [0.717, 1.165) is 22.4 Å². The number of benzene rings is 2. The lowest BCUT2D eigenvalue weighted by Gasteiger charge is -2.14. The van der Waals surface area contributed by atoms with Gasteiger partial charge in [0.15, 0.2) is 11.5 Å². The van der Waals surface area contributed by atoms with Gasteiger partial charge in [0, 0.05) is 5.56 Å². The Balaban J connectivity index is 2.21. The van der Waals surface area contributed by atoms with Crippen molar-refractivity contribution in [3.63, 3.8) is 0 Å². The van der Waals surface area contributed by atoms with Crippen molar-refractivity contribution >= 4 is 0 Å². The number of methoxy groups -OCH3 is 2. The van der Waals surface area contributed by atoms with E-state index in [1.165, 1.54) is 0 Å². The first-order valence-electron chi connectivity index (χ1n) is 6.72. The summed E-state index contributed by atoms with van der Waals surface area (Å²) in [6, 6.07) is 11.3. The van der Waals surface area contributed by atoms with E-state index < -0.39 is 0 Å². The molecule has 4 nitrogen and oxygen atoms in total. The number of aryl methyl sites for hydroxylation is 1. The van der Waals surface area contributed by atoms with E-state index in [1.807, 2.05) is 25.1 Å². The lowest BCUT2D eigenvalue weighted by Crippen LogP contribution is -2.01. The molecule has 21 heavy (non-hydrogen) atoms. The first-order chi connectivity index (χ1) is 10.2. The average molecular weight is 288 g/mol. The van der Waals surface area contributed by atoms with Gasteiger partial charge >= 0.3 is 0 Å². The van der Waals surface area contributed by atoms with Crippen molar-refractivity contribution in [2.75, 3.05) is 14.2 Å². The highest BCUT2D eigenvalue weighted by atomic mass is 16.5. The highest BCUT2D eigenvalue weighted by Crippen LogP contribution is 2.30. The van der Waals surface area contributed by atoms with Crippen LogP contribution < -0.4 is 14.2 Å². The number of aliphatic hydroxyl groups excluding tert-OH is 1. The summed E-state index contributed by atoms with van der Waals surface area (Å²) < 4.78 is 16.5. The Labute approximate surface area is 124 Å². The summed E-state index contributed by atoms with van der Waals surface area (Å²) in [5.74, 6) is 2.03. The quantitative estimate of drug-likeness (QED) is 0.887. The van der Waals surface area contributed by atoms with Crippen LogP contribution in [0.3, 0.4) is 0 Å². The average Bonchev–Trinajstić information content (AvgIpc) is 2.52. The largest absolute Gasteiger partial charge is 0.496 e. The summed E-state index contributed by atoms with van der Waals surface area (Å²) >= 11 is 0. The molecule has 0 atom stereocenters. The zero-order valence-corrected chi connectivity index (χ0v) is 12.6. The van der Waals surface area contributed by atoms with Crippen LogP contribution in [0.5, 0.6) is 17.2 Å². The molecular formula is C17H20O4. The number of rotatable bonds is 6. The number of aliphatic hydroxyl groups is 1. The van der Waals surface area contributed by atoms with Crippen LogP contribution in [0.25, 0.3) is 0 Å². The first kappa shape index (κ1) is 15.2. The lowest BCUT2D eigenvalue weighted by molar-refractivity contribution is 0.268. The molecule has 0 radical (unpaired) electrons. The smallest absolute Gasteiger partial charge is 0.162 e. The third kappa shape index (κ3) is 3.67. The van der Waals surface area contributed by atoms with Gasteiger partial charge in [-0.05, 0) is 36.8 Å². The maximum absolute atomic E-state index is 9.21. The Bertz CT molecular complexity index is 608. The fraction of sp³-hybridized carbons (Fsp3) is 0.294. The number of hydrogen-bond acceptors (Lipinski definition) is 4. The monoisotopic (exact) mass is 288 g/mol. The fourth-order valence-corrected chi connectivity index (χ4v) is 2.11. The molecule has 0 aromatic heterocycles. The minimum absolute atomic E-state index is 0.0336. The van der Waals surface area contributed by atoms with Crippen molar-refractivity contribution < 1.29 is 19.3 Å². The molecule has 0 saturated carbocycles. The Morgan fingerprint density at radius 2 is 1.62 bits per heavy atom. The minimum Gasteiger partial charge on any atom is -0.496 e. The molecule has 112 valence electrons. The molecule has 0 spiro atoms. The standard InChI is InChI=1S/C17H20O4/c1-12-4-6-15(19-2)14(8-12)11-21-17-9-13(10-18)5-7-16(17)20-3/h4-9,18H,10-11H2,1-3H3. The zero-order valence-electron chi connectivity index (χ0n) is 12.6. The minimum atomic E-state index is -0.0336. The second kappa shape index (κ2) is 6.99. The van der Waals surface area contributed by atoms with Crippen LogP contribution in [-0.4, -0.2) is 19.3 Å². The highest BCUT2D eigenvalue weighted by Gasteiger charge is 2.09. The molecule has 0 bridgehead atoms. The first-order valence-corrected chi connectivity index (χ1v) is 6.72. The zero-order chi connectivity index (χ0) is 15.2. The van der Waals surface area contributed by atoms with E-state index in [1.54, 1.807) is 32.4 Å². The molecule has 0 saturated heterocycles. The molecule has 0 aliphatic heterocycles. The summed E-state index contributed by atoms with van der Waals surface area (Å²) in [6.45, 7) is 2.36. The summed E-state index contributed by atoms with van der Waals surface area (Å²) in [4.78, 5) is 0.